The van der Waals surface area contributed by atoms with Crippen molar-refractivity contribution < 1.29 is 18.8 Å². The lowest BCUT2D eigenvalue weighted by atomic mass is 10.2. The third-order valence-corrected chi connectivity index (χ3v) is 1.22. The fourth-order valence-corrected chi connectivity index (χ4v) is 0.666. The topological polar surface area (TPSA) is 46.5 Å². The van der Waals surface area contributed by atoms with Gasteiger partial charge in [0.25, 0.3) is 0 Å². The van der Waals surface area contributed by atoms with Gasteiger partial charge in [-0.3, -0.25) is 0 Å². The Morgan fingerprint density at radius 3 is 2.64 bits per heavy atom. The number of methoxy groups -OCH3 is 1. The van der Waals surface area contributed by atoms with Crippen LogP contribution in [0.4, 0.5) is 0 Å². The maximum absolute atomic E-state index is 10.4. The van der Waals surface area contributed by atoms with Gasteiger partial charge in [0.2, 0.25) is 0 Å². The molecule has 0 bridgehead atoms. The molecule has 0 aliphatic carbocycles. The number of carboxylic acids is 1. The van der Waals surface area contributed by atoms with E-state index in [-0.39, 0.29) is 11.3 Å². The number of carbonyl (C=O) groups is 1. The summed E-state index contributed by atoms with van der Waals surface area (Å²) in [6.45, 7) is 0. The van der Waals surface area contributed by atoms with Crippen LogP contribution in [0.1, 0.15) is 14.5 Å². The van der Waals surface area contributed by atoms with Gasteiger partial charge in [-0.15, -0.1) is 0 Å². The van der Waals surface area contributed by atoms with Crippen molar-refractivity contribution in [1.82, 2.24) is 0 Å². The second kappa shape index (κ2) is 3.05. The molecule has 3 nitrogen and oxygen atoms in total. The quantitative estimate of drug-likeness (QED) is 0.658. The molecular weight excluding hydrogens is 145 g/mol. The molecule has 0 aliphatic rings. The van der Waals surface area contributed by atoms with Crippen molar-refractivity contribution in [3.63, 3.8) is 0 Å². The molecule has 0 saturated heterocycles. The summed E-state index contributed by atoms with van der Waals surface area (Å²) in [5.74, 6) is -0.944. The molecule has 0 heterocycles. The minimum atomic E-state index is -2.51. The largest absolute Gasteiger partial charge is 0.497 e. The van der Waals surface area contributed by atoms with Crippen molar-refractivity contribution in [3.8, 4) is 5.75 Å². The molecule has 0 unspecified atom stereocenters. The van der Waals surface area contributed by atoms with E-state index < -0.39 is 13.0 Å². The van der Waals surface area contributed by atoms with Crippen LogP contribution in [0, 0.1) is 0 Å². The van der Waals surface area contributed by atoms with E-state index >= 15 is 0 Å². The Balaban J connectivity index is 2.79. The zero-order valence-electron chi connectivity index (χ0n) is 8.57. The van der Waals surface area contributed by atoms with Crippen molar-refractivity contribution in [2.24, 2.45) is 0 Å². The van der Waals surface area contributed by atoms with Gasteiger partial charge in [-0.25, -0.2) is 4.79 Å². The maximum Gasteiger partial charge on any atom is 0.335 e. The lowest BCUT2D eigenvalue weighted by Gasteiger charge is -1.98. The van der Waals surface area contributed by atoms with Gasteiger partial charge in [0, 0.05) is 0 Å². The highest BCUT2D eigenvalue weighted by Gasteiger charge is 2.00. The van der Waals surface area contributed by atoms with Crippen molar-refractivity contribution >= 4 is 5.97 Å². The van der Waals surface area contributed by atoms with Gasteiger partial charge in [-0.2, -0.15) is 0 Å². The van der Waals surface area contributed by atoms with E-state index in [9.17, 15) is 4.79 Å². The van der Waals surface area contributed by atoms with E-state index in [0.717, 1.165) is 0 Å². The lowest BCUT2D eigenvalue weighted by molar-refractivity contribution is 0.0697. The summed E-state index contributed by atoms with van der Waals surface area (Å²) in [7, 11) is -2.51. The minimum absolute atomic E-state index is 0.0860. The van der Waals surface area contributed by atoms with Crippen molar-refractivity contribution in [3.05, 3.63) is 29.8 Å². The Morgan fingerprint density at radius 2 is 2.18 bits per heavy atom. The molecule has 0 radical (unpaired) electrons. The number of benzene rings is 1. The summed E-state index contributed by atoms with van der Waals surface area (Å²) in [5, 5.41) is 8.56. The molecule has 58 valence electrons. The molecule has 0 saturated carbocycles. The summed E-state index contributed by atoms with van der Waals surface area (Å²) < 4.78 is 25.0. The van der Waals surface area contributed by atoms with Crippen LogP contribution in [0.2, 0.25) is 0 Å². The zero-order valence-corrected chi connectivity index (χ0v) is 5.57. The van der Waals surface area contributed by atoms with Crippen LogP contribution in [0.3, 0.4) is 0 Å². The third kappa shape index (κ3) is 1.70. The van der Waals surface area contributed by atoms with Crippen LogP contribution in [0.5, 0.6) is 5.75 Å². The third-order valence-electron chi connectivity index (χ3n) is 1.22. The first-order chi connectivity index (χ1) is 6.38. The molecule has 0 aromatic heterocycles. The van der Waals surface area contributed by atoms with Gasteiger partial charge in [0.15, 0.2) is 0 Å². The predicted molar refractivity (Wildman–Crippen MR) is 40.0 cm³/mol. The SMILES string of the molecule is [2H][13C]([2H])([2H])Oc1ccc(C(=O)O)cc1. The molecule has 3 heteroatoms. The highest BCUT2D eigenvalue weighted by molar-refractivity contribution is 5.87. The first-order valence-corrected chi connectivity index (χ1v) is 2.91. The van der Waals surface area contributed by atoms with Crippen LogP contribution < -0.4 is 4.74 Å². The molecule has 1 aromatic carbocycles. The highest BCUT2D eigenvalue weighted by atomic mass is 16.5. The van der Waals surface area contributed by atoms with Crippen LogP contribution >= 0.6 is 0 Å². The number of carboxylic acid groups (broad SMARTS) is 1. The number of rotatable bonds is 2. The molecule has 0 fully saturated rings. The van der Waals surface area contributed by atoms with E-state index in [2.05, 4.69) is 4.74 Å². The molecule has 0 spiro atoms. The predicted octanol–water partition coefficient (Wildman–Crippen LogP) is 1.39. The van der Waals surface area contributed by atoms with Crippen LogP contribution in [0.25, 0.3) is 0 Å². The molecule has 0 amide bonds. The molecule has 1 aromatic rings. The summed E-state index contributed by atoms with van der Waals surface area (Å²) in [5.41, 5.74) is 0.0860. The van der Waals surface area contributed by atoms with E-state index in [0.29, 0.717) is 0 Å². The Bertz CT molecular complexity index is 329. The Morgan fingerprint density at radius 1 is 1.55 bits per heavy atom. The molecule has 0 atom stereocenters. The van der Waals surface area contributed by atoms with Crippen LogP contribution in [0.15, 0.2) is 24.3 Å². The average Bonchev–Trinajstić information content (AvgIpc) is 2.02. The van der Waals surface area contributed by atoms with E-state index in [4.69, 9.17) is 9.22 Å². The summed E-state index contributed by atoms with van der Waals surface area (Å²) in [6.07, 6.45) is 0. The van der Waals surface area contributed by atoms with Crippen molar-refractivity contribution in [2.45, 2.75) is 0 Å². The Hall–Kier alpha value is -1.51. The lowest BCUT2D eigenvalue weighted by Crippen LogP contribution is -1.95. The van der Waals surface area contributed by atoms with Gasteiger partial charge < -0.3 is 9.84 Å². The van der Waals surface area contributed by atoms with Gasteiger partial charge in [0.1, 0.15) is 5.75 Å². The molecular formula is C8H8O3. The van der Waals surface area contributed by atoms with Crippen molar-refractivity contribution in [1.29, 1.82) is 0 Å². The Kier molecular flexibility index (Phi) is 1.22. The first kappa shape index (κ1) is 4.38. The number of aromatic carboxylic acids is 1. The molecule has 11 heavy (non-hydrogen) atoms. The van der Waals surface area contributed by atoms with Gasteiger partial charge in [-0.1, -0.05) is 0 Å². The summed E-state index contributed by atoms with van der Waals surface area (Å²) in [6, 6.07) is 5.17. The number of ether oxygens (including phenoxy) is 1. The molecule has 0 aliphatic heterocycles. The second-order valence-electron chi connectivity index (χ2n) is 1.93. The average molecular weight is 156 g/mol. The van der Waals surface area contributed by atoms with E-state index in [1.807, 2.05) is 0 Å². The number of hydrogen-bond acceptors (Lipinski definition) is 2. The second-order valence-corrected chi connectivity index (χ2v) is 1.93. The van der Waals surface area contributed by atoms with Crippen molar-refractivity contribution in [2.75, 3.05) is 7.04 Å². The zero-order chi connectivity index (χ0) is 10.8. The van der Waals surface area contributed by atoms with Crippen LogP contribution in [-0.2, 0) is 0 Å². The monoisotopic (exact) mass is 156 g/mol. The van der Waals surface area contributed by atoms with E-state index in [1.54, 1.807) is 0 Å². The normalized spacial score (nSPS) is 14.4. The summed E-state index contributed by atoms with van der Waals surface area (Å²) >= 11 is 0. The molecule has 1 rings (SSSR count). The van der Waals surface area contributed by atoms with Gasteiger partial charge in [-0.05, 0) is 24.3 Å². The van der Waals surface area contributed by atoms with Gasteiger partial charge in [0.05, 0.1) is 16.7 Å². The van der Waals surface area contributed by atoms with E-state index in [1.165, 1.54) is 24.3 Å². The van der Waals surface area contributed by atoms with Gasteiger partial charge >= 0.3 is 5.97 Å². The standard InChI is InChI=1S/C8H8O3/c1-11-7-4-2-6(3-5-7)8(9)10/h2-5H,1H3,(H,9,10)/i1+1D3. The number of hydrogen-bond donors (Lipinski definition) is 1. The fraction of sp³-hybridized carbons (Fsp3) is 0.125. The summed E-state index contributed by atoms with van der Waals surface area (Å²) in [4.78, 5) is 10.4. The van der Waals surface area contributed by atoms with Crippen LogP contribution in [-0.4, -0.2) is 18.1 Å². The first-order valence-electron chi connectivity index (χ1n) is 4.41. The highest BCUT2D eigenvalue weighted by Crippen LogP contribution is 2.10. The Labute approximate surface area is 68.4 Å². The smallest absolute Gasteiger partial charge is 0.335 e. The fourth-order valence-electron chi connectivity index (χ4n) is 0.666. The minimum Gasteiger partial charge on any atom is -0.497 e. The molecule has 1 N–H and O–H groups in total. The maximum atomic E-state index is 10.4.